The third-order valence-corrected chi connectivity index (χ3v) is 9.92. The number of carbonyl (C=O) groups excluding carboxylic acids is 1. The maximum atomic E-state index is 13.7. The first kappa shape index (κ1) is 35.7. The van der Waals surface area contributed by atoms with Crippen LogP contribution in [0.5, 0.6) is 5.75 Å². The minimum Gasteiger partial charge on any atom is -0.497 e. The number of hydrogen-bond acceptors (Lipinski definition) is 10. The summed E-state index contributed by atoms with van der Waals surface area (Å²) in [6, 6.07) is 24.4. The van der Waals surface area contributed by atoms with Crippen LogP contribution in [0.2, 0.25) is 5.28 Å². The molecule has 0 bridgehead atoms. The van der Waals surface area contributed by atoms with Crippen LogP contribution < -0.4 is 14.5 Å². The Kier molecular flexibility index (Phi) is 11.4. The highest BCUT2D eigenvalue weighted by molar-refractivity contribution is 6.28. The first-order chi connectivity index (χ1) is 24.8. The molecule has 14 heteroatoms. The molecule has 6 rings (SSSR count). The molecule has 2 aliphatic rings. The molecule has 0 aliphatic carbocycles. The van der Waals surface area contributed by atoms with Gasteiger partial charge in [0.25, 0.3) is 0 Å². The molecule has 51 heavy (non-hydrogen) atoms. The normalized spacial score (nSPS) is 18.0. The second-order valence-corrected chi connectivity index (χ2v) is 13.4. The standard InChI is InChI=1S/C37H41ClN10O3/c1-45(23-29(49)19-41-44-40)35(50)18-28-21-47(20-25-10-12-30(51-2)13-11-25)27(14-16-39)22-48(28)36-32-15-17-46(24-33(32)42-37(38)43-36)34-9-5-7-26-6-3-4-8-31(26)34/h3-13,27-29,49H,14-15,17-24H2,1-2H3. The number of azide groups is 1. The molecular formula is C37H41ClN10O3. The van der Waals surface area contributed by atoms with Gasteiger partial charge >= 0.3 is 0 Å². The van der Waals surface area contributed by atoms with Crippen molar-refractivity contribution in [1.29, 1.82) is 5.26 Å². The van der Waals surface area contributed by atoms with Gasteiger partial charge in [0.15, 0.2) is 0 Å². The van der Waals surface area contributed by atoms with Crippen molar-refractivity contribution in [3.63, 3.8) is 0 Å². The van der Waals surface area contributed by atoms with Gasteiger partial charge in [-0.25, -0.2) is 9.97 Å². The molecule has 1 amide bonds. The lowest BCUT2D eigenvalue weighted by Gasteiger charge is -2.47. The van der Waals surface area contributed by atoms with E-state index in [2.05, 4.69) is 61.1 Å². The average molecular weight is 709 g/mol. The van der Waals surface area contributed by atoms with Gasteiger partial charge in [-0.2, -0.15) is 5.26 Å². The van der Waals surface area contributed by atoms with Crippen molar-refractivity contribution in [3.8, 4) is 11.8 Å². The van der Waals surface area contributed by atoms with Crippen molar-refractivity contribution in [2.45, 2.75) is 50.5 Å². The number of amides is 1. The van der Waals surface area contributed by atoms with Gasteiger partial charge in [0.05, 0.1) is 50.5 Å². The first-order valence-corrected chi connectivity index (χ1v) is 17.4. The Labute approximate surface area is 302 Å². The Hall–Kier alpha value is -5.12. The number of aromatic nitrogens is 2. The number of ether oxygens (including phenoxy) is 1. The molecule has 3 atom stereocenters. The summed E-state index contributed by atoms with van der Waals surface area (Å²) in [6.07, 6.45) is 0.101. The molecule has 2 aliphatic heterocycles. The van der Waals surface area contributed by atoms with E-state index >= 15 is 0 Å². The molecule has 1 saturated heterocycles. The summed E-state index contributed by atoms with van der Waals surface area (Å²) in [6.45, 7) is 2.71. The number of likely N-dealkylation sites (N-methyl/N-ethyl adjacent to an activating group) is 1. The van der Waals surface area contributed by atoms with Crippen molar-refractivity contribution in [1.82, 2.24) is 19.8 Å². The number of carbonyl (C=O) groups is 1. The summed E-state index contributed by atoms with van der Waals surface area (Å²) in [4.78, 5) is 34.2. The van der Waals surface area contributed by atoms with Gasteiger partial charge in [-0.3, -0.25) is 9.69 Å². The quantitative estimate of drug-likeness (QED) is 0.0887. The van der Waals surface area contributed by atoms with Crippen LogP contribution in [-0.4, -0.2) is 95.9 Å². The van der Waals surface area contributed by atoms with E-state index in [1.807, 2.05) is 36.4 Å². The number of piperazine rings is 1. The zero-order valence-corrected chi connectivity index (χ0v) is 29.5. The summed E-state index contributed by atoms with van der Waals surface area (Å²) in [7, 11) is 3.26. The molecule has 3 aromatic carbocycles. The average Bonchev–Trinajstić information content (AvgIpc) is 3.14. The monoisotopic (exact) mass is 708 g/mol. The Morgan fingerprint density at radius 2 is 1.94 bits per heavy atom. The molecule has 1 fully saturated rings. The van der Waals surface area contributed by atoms with Crippen molar-refractivity contribution >= 4 is 39.8 Å². The van der Waals surface area contributed by atoms with Crippen molar-refractivity contribution in [2.75, 3.05) is 56.7 Å². The number of halogens is 1. The van der Waals surface area contributed by atoms with E-state index in [0.717, 1.165) is 34.8 Å². The molecule has 1 aromatic heterocycles. The Bertz CT molecular complexity index is 1940. The van der Waals surface area contributed by atoms with E-state index in [1.165, 1.54) is 15.7 Å². The molecule has 0 radical (unpaired) electrons. The highest BCUT2D eigenvalue weighted by Crippen LogP contribution is 2.36. The third kappa shape index (κ3) is 8.27. The SMILES string of the molecule is COc1ccc(CN2CC(CC(=O)N(C)CC(O)CN=[N+]=[N-])N(c3nc(Cl)nc4c3CCN(c3cccc5ccccc35)C4)CC2CC#N)cc1. The molecule has 0 saturated carbocycles. The van der Waals surface area contributed by atoms with E-state index in [1.54, 1.807) is 14.2 Å². The van der Waals surface area contributed by atoms with Gasteiger partial charge in [0, 0.05) is 73.8 Å². The topological polar surface area (TPSA) is 158 Å². The van der Waals surface area contributed by atoms with E-state index in [-0.39, 0.29) is 49.2 Å². The van der Waals surface area contributed by atoms with Crippen LogP contribution in [0.4, 0.5) is 11.5 Å². The Morgan fingerprint density at radius 1 is 1.16 bits per heavy atom. The van der Waals surface area contributed by atoms with Gasteiger partial charge in [0.1, 0.15) is 11.6 Å². The maximum absolute atomic E-state index is 13.7. The largest absolute Gasteiger partial charge is 0.497 e. The van der Waals surface area contributed by atoms with Crippen LogP contribution in [0.3, 0.4) is 0 Å². The van der Waals surface area contributed by atoms with Crippen LogP contribution in [0.1, 0.15) is 29.7 Å². The summed E-state index contributed by atoms with van der Waals surface area (Å²) < 4.78 is 5.35. The number of fused-ring (bicyclic) bond motifs is 2. The zero-order valence-electron chi connectivity index (χ0n) is 28.8. The Morgan fingerprint density at radius 3 is 2.71 bits per heavy atom. The number of rotatable bonds is 12. The fourth-order valence-electron chi connectivity index (χ4n) is 7.17. The highest BCUT2D eigenvalue weighted by Gasteiger charge is 2.38. The second-order valence-electron chi connectivity index (χ2n) is 13.1. The maximum Gasteiger partial charge on any atom is 0.224 e. The zero-order chi connectivity index (χ0) is 35.9. The lowest BCUT2D eigenvalue weighted by atomic mass is 9.97. The lowest BCUT2D eigenvalue weighted by Crippen LogP contribution is -2.59. The number of benzene rings is 3. The number of anilines is 2. The number of hydrogen-bond donors (Lipinski definition) is 1. The predicted octanol–water partition coefficient (Wildman–Crippen LogP) is 5.35. The van der Waals surface area contributed by atoms with Crippen LogP contribution in [0.25, 0.3) is 21.2 Å². The minimum absolute atomic E-state index is 0.0237. The second kappa shape index (κ2) is 16.3. The number of methoxy groups -OCH3 is 1. The van der Waals surface area contributed by atoms with Gasteiger partial charge in [-0.05, 0) is 52.7 Å². The van der Waals surface area contributed by atoms with Crippen LogP contribution in [-0.2, 0) is 24.3 Å². The van der Waals surface area contributed by atoms with E-state index in [4.69, 9.17) is 31.8 Å². The van der Waals surface area contributed by atoms with E-state index in [0.29, 0.717) is 38.4 Å². The van der Waals surface area contributed by atoms with Crippen LogP contribution >= 0.6 is 11.6 Å². The molecule has 0 spiro atoms. The molecule has 264 valence electrons. The van der Waals surface area contributed by atoms with Gasteiger partial charge < -0.3 is 24.5 Å². The number of nitrogens with zero attached hydrogens (tertiary/aromatic N) is 10. The minimum atomic E-state index is -0.985. The Balaban J connectivity index is 1.32. The highest BCUT2D eigenvalue weighted by atomic mass is 35.5. The molecule has 4 aromatic rings. The van der Waals surface area contributed by atoms with Gasteiger partial charge in [-0.15, -0.1) is 0 Å². The molecule has 3 heterocycles. The number of nitriles is 1. The fourth-order valence-corrected chi connectivity index (χ4v) is 7.36. The summed E-state index contributed by atoms with van der Waals surface area (Å²) in [5.74, 6) is 1.28. The fraction of sp³-hybridized carbons (Fsp3) is 0.405. The van der Waals surface area contributed by atoms with Crippen molar-refractivity contribution < 1.29 is 14.6 Å². The van der Waals surface area contributed by atoms with Crippen LogP contribution in [0, 0.1) is 11.3 Å². The molecule has 13 nitrogen and oxygen atoms in total. The lowest BCUT2D eigenvalue weighted by molar-refractivity contribution is -0.131. The summed E-state index contributed by atoms with van der Waals surface area (Å²) >= 11 is 6.67. The van der Waals surface area contributed by atoms with Gasteiger partial charge in [-0.1, -0.05) is 53.6 Å². The summed E-state index contributed by atoms with van der Waals surface area (Å²) in [5, 5.41) is 26.2. The van der Waals surface area contributed by atoms with Crippen LogP contribution in [0.15, 0.2) is 71.8 Å². The number of aliphatic hydroxyl groups is 1. The number of aliphatic hydroxyl groups excluding tert-OH is 1. The predicted molar refractivity (Wildman–Crippen MR) is 197 cm³/mol. The van der Waals surface area contributed by atoms with Crippen molar-refractivity contribution in [2.24, 2.45) is 5.11 Å². The molecule has 3 unspecified atom stereocenters. The molecular weight excluding hydrogens is 668 g/mol. The van der Waals surface area contributed by atoms with Crippen molar-refractivity contribution in [3.05, 3.63) is 99.3 Å². The van der Waals surface area contributed by atoms with E-state index in [9.17, 15) is 15.2 Å². The molecule has 1 N–H and O–H groups in total. The third-order valence-electron chi connectivity index (χ3n) is 9.75. The van der Waals surface area contributed by atoms with Gasteiger partial charge in [0.2, 0.25) is 11.2 Å². The van der Waals surface area contributed by atoms with E-state index < -0.39 is 6.10 Å². The summed E-state index contributed by atoms with van der Waals surface area (Å²) in [5.41, 5.74) is 12.7. The first-order valence-electron chi connectivity index (χ1n) is 17.0. The smallest absolute Gasteiger partial charge is 0.224 e.